The van der Waals surface area contributed by atoms with E-state index in [0.29, 0.717) is 5.92 Å². The summed E-state index contributed by atoms with van der Waals surface area (Å²) >= 11 is 0. The van der Waals surface area contributed by atoms with Crippen molar-refractivity contribution in [2.24, 2.45) is 16.7 Å². The maximum atomic E-state index is 4.19. The van der Waals surface area contributed by atoms with Gasteiger partial charge in [-0.1, -0.05) is 110 Å². The van der Waals surface area contributed by atoms with Crippen LogP contribution >= 0.6 is 0 Å². The van der Waals surface area contributed by atoms with Gasteiger partial charge in [0, 0.05) is 11.7 Å². The maximum absolute atomic E-state index is 4.19. The number of nitrogens with zero attached hydrogens (tertiary/aromatic N) is 1. The highest BCUT2D eigenvalue weighted by Crippen LogP contribution is 2.43. The van der Waals surface area contributed by atoms with Crippen molar-refractivity contribution in [3.63, 3.8) is 0 Å². The Morgan fingerprint density at radius 1 is 1.05 bits per heavy atom. The highest BCUT2D eigenvalue weighted by Gasteiger charge is 2.33. The molecule has 2 atom stereocenters. The Morgan fingerprint density at radius 3 is 2.38 bits per heavy atom. The van der Waals surface area contributed by atoms with E-state index in [1.165, 1.54) is 46.9 Å². The predicted octanol–water partition coefficient (Wildman–Crippen LogP) is 11.2. The molecule has 0 bridgehead atoms. The van der Waals surface area contributed by atoms with Gasteiger partial charge in [-0.25, -0.2) is 0 Å². The van der Waals surface area contributed by atoms with Gasteiger partial charge in [0.25, 0.3) is 0 Å². The van der Waals surface area contributed by atoms with Crippen LogP contribution in [-0.2, 0) is 6.42 Å². The Labute approximate surface area is 228 Å². The van der Waals surface area contributed by atoms with Crippen LogP contribution in [0.3, 0.4) is 0 Å². The normalized spacial score (nSPS) is 15.9. The molecule has 0 fully saturated rings. The van der Waals surface area contributed by atoms with Gasteiger partial charge in [-0.15, -0.1) is 6.58 Å². The third kappa shape index (κ3) is 8.49. The molecule has 0 saturated carbocycles. The predicted molar refractivity (Wildman–Crippen MR) is 167 cm³/mol. The van der Waals surface area contributed by atoms with Crippen molar-refractivity contribution >= 4 is 10.9 Å². The van der Waals surface area contributed by atoms with Crippen LogP contribution in [0.25, 0.3) is 10.9 Å². The summed E-state index contributed by atoms with van der Waals surface area (Å²) in [5, 5.41) is 1.31. The zero-order valence-electron chi connectivity index (χ0n) is 25.1. The molecule has 1 heterocycles. The molecule has 2 unspecified atom stereocenters. The summed E-state index contributed by atoms with van der Waals surface area (Å²) < 4.78 is 2.46. The second-order valence-electron chi connectivity index (χ2n) is 12.5. The quantitative estimate of drug-likeness (QED) is 0.180. The standard InChI is InChI=1S/C36H53N/c1-11-14-16-29(6)18-20-31(13-3)34(26-28(4)5)37-25-22-32-27-30(19-21-33(32)37)17-15-24-36(10,23-12-2)35(7,8)9/h12-13,15,18-22,24-25,27-28,34H,2-3,11,14,16-17,23,26H2,1,4-10H3/b24-15-,29-18+,31-20+. The number of allylic oxidation sites excluding steroid dienone is 8. The second-order valence-corrected chi connectivity index (χ2v) is 12.5. The number of aromatic nitrogens is 1. The summed E-state index contributed by atoms with van der Waals surface area (Å²) in [6.45, 7) is 26.6. The number of hydrogen-bond acceptors (Lipinski definition) is 0. The molecule has 37 heavy (non-hydrogen) atoms. The highest BCUT2D eigenvalue weighted by atomic mass is 15.0. The lowest BCUT2D eigenvalue weighted by molar-refractivity contribution is 0.171. The minimum absolute atomic E-state index is 0.100. The van der Waals surface area contributed by atoms with Crippen LogP contribution in [0.4, 0.5) is 0 Å². The number of benzene rings is 1. The van der Waals surface area contributed by atoms with E-state index in [9.17, 15) is 0 Å². The van der Waals surface area contributed by atoms with Gasteiger partial charge in [0.05, 0.1) is 6.04 Å². The molecule has 1 heteroatoms. The lowest BCUT2D eigenvalue weighted by atomic mass is 9.66. The Balaban J connectivity index is 2.36. The van der Waals surface area contributed by atoms with E-state index in [4.69, 9.17) is 0 Å². The second kappa shape index (κ2) is 13.8. The van der Waals surface area contributed by atoms with Crippen LogP contribution in [0.1, 0.15) is 99.1 Å². The lowest BCUT2D eigenvalue weighted by Gasteiger charge is -2.39. The van der Waals surface area contributed by atoms with Crippen molar-refractivity contribution in [3.8, 4) is 0 Å². The van der Waals surface area contributed by atoms with Gasteiger partial charge in [0.1, 0.15) is 0 Å². The summed E-state index contributed by atoms with van der Waals surface area (Å²) in [6, 6.07) is 9.51. The van der Waals surface area contributed by atoms with Crippen LogP contribution in [0.5, 0.6) is 0 Å². The maximum Gasteiger partial charge on any atom is 0.0588 e. The molecule has 0 N–H and O–H groups in total. The molecule has 2 rings (SSSR count). The molecule has 0 aliphatic carbocycles. The molecule has 0 amide bonds. The van der Waals surface area contributed by atoms with E-state index >= 15 is 0 Å². The molecule has 0 radical (unpaired) electrons. The Kier molecular flexibility index (Phi) is 11.5. The summed E-state index contributed by atoms with van der Waals surface area (Å²) in [4.78, 5) is 0. The van der Waals surface area contributed by atoms with Crippen LogP contribution in [0, 0.1) is 16.7 Å². The Bertz CT molecular complexity index is 1110. The minimum Gasteiger partial charge on any atom is -0.340 e. The highest BCUT2D eigenvalue weighted by molar-refractivity contribution is 5.81. The first kappa shape index (κ1) is 30.7. The average Bonchev–Trinajstić information content (AvgIpc) is 3.24. The smallest absolute Gasteiger partial charge is 0.0588 e. The molecule has 1 nitrogen and oxygen atoms in total. The average molecular weight is 500 g/mol. The molecular formula is C36H53N. The van der Waals surface area contributed by atoms with Gasteiger partial charge >= 0.3 is 0 Å². The molecule has 1 aromatic carbocycles. The first-order chi connectivity index (χ1) is 17.5. The first-order valence-corrected chi connectivity index (χ1v) is 14.3. The van der Waals surface area contributed by atoms with E-state index in [0.717, 1.165) is 19.3 Å². The van der Waals surface area contributed by atoms with E-state index < -0.39 is 0 Å². The van der Waals surface area contributed by atoms with Gasteiger partial charge in [-0.2, -0.15) is 0 Å². The summed E-state index contributed by atoms with van der Waals surface area (Å²) in [5.74, 6) is 0.591. The van der Waals surface area contributed by atoms with Crippen LogP contribution in [0.15, 0.2) is 91.2 Å². The summed E-state index contributed by atoms with van der Waals surface area (Å²) in [7, 11) is 0. The molecule has 2 aromatic rings. The van der Waals surface area contributed by atoms with Crippen molar-refractivity contribution in [1.29, 1.82) is 0 Å². The summed E-state index contributed by atoms with van der Waals surface area (Å²) in [5.41, 5.74) is 5.66. The molecule has 202 valence electrons. The SMILES string of the molecule is C=CCC(C)(/C=C\Cc1ccc2c(ccn2C(CC(C)C)/C(C=C)=C/C=C(\C)CCCC)c1)C(C)(C)C. The van der Waals surface area contributed by atoms with Gasteiger partial charge in [0.2, 0.25) is 0 Å². The van der Waals surface area contributed by atoms with Gasteiger partial charge in [0.15, 0.2) is 0 Å². The van der Waals surface area contributed by atoms with Gasteiger partial charge in [-0.3, -0.25) is 0 Å². The topological polar surface area (TPSA) is 4.93 Å². The fourth-order valence-corrected chi connectivity index (χ4v) is 4.94. The summed E-state index contributed by atoms with van der Waals surface area (Å²) in [6.07, 6.45) is 22.4. The van der Waals surface area contributed by atoms with E-state index in [2.05, 4.69) is 134 Å². The van der Waals surface area contributed by atoms with Crippen molar-refractivity contribution in [2.75, 3.05) is 0 Å². The Hall–Kier alpha value is -2.54. The van der Waals surface area contributed by atoms with Crippen molar-refractivity contribution in [1.82, 2.24) is 4.57 Å². The zero-order chi connectivity index (χ0) is 27.6. The van der Waals surface area contributed by atoms with Gasteiger partial charge < -0.3 is 4.57 Å². The molecule has 0 aliphatic rings. The fourth-order valence-electron chi connectivity index (χ4n) is 4.94. The number of rotatable bonds is 14. The molecule has 1 aromatic heterocycles. The lowest BCUT2D eigenvalue weighted by Crippen LogP contribution is -2.30. The zero-order valence-corrected chi connectivity index (χ0v) is 25.1. The third-order valence-corrected chi connectivity index (χ3v) is 8.04. The van der Waals surface area contributed by atoms with Crippen molar-refractivity contribution in [3.05, 3.63) is 96.8 Å². The van der Waals surface area contributed by atoms with Crippen LogP contribution < -0.4 is 0 Å². The number of unbranched alkanes of at least 4 members (excludes halogenated alkanes) is 1. The Morgan fingerprint density at radius 2 is 1.78 bits per heavy atom. The third-order valence-electron chi connectivity index (χ3n) is 8.04. The molecule has 0 saturated heterocycles. The molecule has 0 spiro atoms. The van der Waals surface area contributed by atoms with Crippen molar-refractivity contribution in [2.45, 2.75) is 100.0 Å². The van der Waals surface area contributed by atoms with Crippen molar-refractivity contribution < 1.29 is 0 Å². The molecular weight excluding hydrogens is 446 g/mol. The van der Waals surface area contributed by atoms with Gasteiger partial charge in [-0.05, 0) is 90.5 Å². The monoisotopic (exact) mass is 499 g/mol. The minimum atomic E-state index is 0.100. The van der Waals surface area contributed by atoms with Crippen LogP contribution in [-0.4, -0.2) is 4.57 Å². The largest absolute Gasteiger partial charge is 0.340 e. The number of hydrogen-bond donors (Lipinski definition) is 0. The fraction of sp³-hybridized carbons (Fsp3) is 0.500. The van der Waals surface area contributed by atoms with Crippen LogP contribution in [0.2, 0.25) is 0 Å². The van der Waals surface area contributed by atoms with E-state index in [-0.39, 0.29) is 16.9 Å². The number of fused-ring (bicyclic) bond motifs is 1. The van der Waals surface area contributed by atoms with E-state index in [1.807, 2.05) is 6.08 Å². The molecule has 0 aliphatic heterocycles. The van der Waals surface area contributed by atoms with E-state index in [1.54, 1.807) is 0 Å². The first-order valence-electron chi connectivity index (χ1n) is 14.3.